The minimum Gasteiger partial charge on any atom is -0.326 e. The zero-order chi connectivity index (χ0) is 11.5. The van der Waals surface area contributed by atoms with Crippen molar-refractivity contribution < 1.29 is 0 Å². The smallest absolute Gasteiger partial charge is 0.0524 e. The van der Waals surface area contributed by atoms with Gasteiger partial charge < -0.3 is 5.73 Å². The largest absolute Gasteiger partial charge is 0.326 e. The molecule has 1 saturated heterocycles. The van der Waals surface area contributed by atoms with Crippen LogP contribution in [0.25, 0.3) is 0 Å². The number of aromatic nitrogens is 2. The van der Waals surface area contributed by atoms with Crippen LogP contribution in [0.5, 0.6) is 0 Å². The van der Waals surface area contributed by atoms with Crippen LogP contribution in [0.2, 0.25) is 0 Å². The molecule has 2 rings (SSSR count). The summed E-state index contributed by atoms with van der Waals surface area (Å²) in [5.74, 6) is 0.660. The number of hydrogen-bond acceptors (Lipinski definition) is 3. The van der Waals surface area contributed by atoms with E-state index in [-0.39, 0.29) is 0 Å². The summed E-state index contributed by atoms with van der Waals surface area (Å²) in [4.78, 5) is 2.44. The maximum atomic E-state index is 6.10. The molecule has 1 aliphatic rings. The fourth-order valence-electron chi connectivity index (χ4n) is 2.32. The van der Waals surface area contributed by atoms with Crippen LogP contribution in [-0.4, -0.2) is 33.8 Å². The molecule has 2 unspecified atom stereocenters. The molecule has 0 spiro atoms. The first-order valence-corrected chi connectivity index (χ1v) is 6.19. The molecule has 1 fully saturated rings. The minimum atomic E-state index is 0.326. The first kappa shape index (κ1) is 11.6. The summed E-state index contributed by atoms with van der Waals surface area (Å²) in [5, 5.41) is 4.29. The number of likely N-dealkylation sites (tertiary alicyclic amines) is 1. The summed E-state index contributed by atoms with van der Waals surface area (Å²) in [6.07, 6.45) is 3.09. The second-order valence-corrected chi connectivity index (χ2v) is 4.80. The fourth-order valence-corrected chi connectivity index (χ4v) is 2.32. The molecule has 1 aromatic rings. The molecular formula is C12H22N4. The summed E-state index contributed by atoms with van der Waals surface area (Å²) in [6.45, 7) is 8.46. The Kier molecular flexibility index (Phi) is 3.61. The molecular weight excluding hydrogens is 200 g/mol. The molecule has 0 saturated carbocycles. The first-order valence-electron chi connectivity index (χ1n) is 6.19. The van der Waals surface area contributed by atoms with Crippen molar-refractivity contribution in [3.63, 3.8) is 0 Å². The lowest BCUT2D eigenvalue weighted by Gasteiger charge is -2.34. The second kappa shape index (κ2) is 4.97. The van der Waals surface area contributed by atoms with E-state index < -0.39 is 0 Å². The van der Waals surface area contributed by atoms with E-state index in [9.17, 15) is 0 Å². The van der Waals surface area contributed by atoms with Gasteiger partial charge in [-0.2, -0.15) is 5.10 Å². The Morgan fingerprint density at radius 1 is 1.56 bits per heavy atom. The SMILES string of the molecule is CCn1nccc1CN1CCC(C)C(N)C1. The van der Waals surface area contributed by atoms with Gasteiger partial charge in [-0.15, -0.1) is 0 Å². The van der Waals surface area contributed by atoms with Gasteiger partial charge in [0, 0.05) is 31.9 Å². The molecule has 0 aromatic carbocycles. The average molecular weight is 222 g/mol. The maximum Gasteiger partial charge on any atom is 0.0524 e. The van der Waals surface area contributed by atoms with Crippen molar-refractivity contribution in [3.05, 3.63) is 18.0 Å². The summed E-state index contributed by atoms with van der Waals surface area (Å²) < 4.78 is 2.06. The molecule has 4 heteroatoms. The molecule has 0 aliphatic carbocycles. The van der Waals surface area contributed by atoms with Crippen molar-refractivity contribution in [1.82, 2.24) is 14.7 Å². The Morgan fingerprint density at radius 3 is 3.06 bits per heavy atom. The first-order chi connectivity index (χ1) is 7.70. The zero-order valence-electron chi connectivity index (χ0n) is 10.3. The van der Waals surface area contributed by atoms with Crippen LogP contribution >= 0.6 is 0 Å². The predicted molar refractivity (Wildman–Crippen MR) is 64.9 cm³/mol. The Morgan fingerprint density at radius 2 is 2.38 bits per heavy atom. The van der Waals surface area contributed by atoms with Gasteiger partial charge in [-0.05, 0) is 31.9 Å². The number of nitrogens with zero attached hydrogens (tertiary/aromatic N) is 3. The minimum absolute atomic E-state index is 0.326. The van der Waals surface area contributed by atoms with E-state index in [2.05, 4.69) is 34.6 Å². The summed E-state index contributed by atoms with van der Waals surface area (Å²) in [5.41, 5.74) is 7.40. The summed E-state index contributed by atoms with van der Waals surface area (Å²) in [6, 6.07) is 2.43. The van der Waals surface area contributed by atoms with Gasteiger partial charge >= 0.3 is 0 Å². The van der Waals surface area contributed by atoms with Gasteiger partial charge in [-0.25, -0.2) is 0 Å². The topological polar surface area (TPSA) is 47.1 Å². The van der Waals surface area contributed by atoms with E-state index in [4.69, 9.17) is 5.73 Å². The lowest BCUT2D eigenvalue weighted by atomic mass is 9.94. The third-order valence-electron chi connectivity index (χ3n) is 3.59. The Balaban J connectivity index is 1.95. The van der Waals surface area contributed by atoms with Crippen molar-refractivity contribution in [1.29, 1.82) is 0 Å². The Labute approximate surface area is 97.4 Å². The van der Waals surface area contributed by atoms with Gasteiger partial charge in [0.15, 0.2) is 0 Å². The van der Waals surface area contributed by atoms with Crippen molar-refractivity contribution in [2.24, 2.45) is 11.7 Å². The highest BCUT2D eigenvalue weighted by Gasteiger charge is 2.23. The third-order valence-corrected chi connectivity index (χ3v) is 3.59. The van der Waals surface area contributed by atoms with Crippen LogP contribution in [-0.2, 0) is 13.1 Å². The molecule has 1 aliphatic heterocycles. The lowest BCUT2D eigenvalue weighted by molar-refractivity contribution is 0.158. The monoisotopic (exact) mass is 222 g/mol. The normalized spacial score (nSPS) is 27.2. The van der Waals surface area contributed by atoms with Gasteiger partial charge in [-0.3, -0.25) is 9.58 Å². The van der Waals surface area contributed by atoms with Crippen LogP contribution in [0, 0.1) is 5.92 Å². The highest BCUT2D eigenvalue weighted by Crippen LogP contribution is 2.17. The van der Waals surface area contributed by atoms with E-state index in [0.717, 1.165) is 26.2 Å². The van der Waals surface area contributed by atoms with Crippen LogP contribution in [0.4, 0.5) is 0 Å². The Hall–Kier alpha value is -0.870. The molecule has 4 nitrogen and oxygen atoms in total. The molecule has 1 aromatic heterocycles. The quantitative estimate of drug-likeness (QED) is 0.832. The van der Waals surface area contributed by atoms with Crippen LogP contribution < -0.4 is 5.73 Å². The molecule has 0 bridgehead atoms. The summed E-state index contributed by atoms with van der Waals surface area (Å²) >= 11 is 0. The third kappa shape index (κ3) is 2.44. The number of piperidine rings is 1. The van der Waals surface area contributed by atoms with Gasteiger partial charge in [0.1, 0.15) is 0 Å². The van der Waals surface area contributed by atoms with Crippen LogP contribution in [0.3, 0.4) is 0 Å². The molecule has 16 heavy (non-hydrogen) atoms. The van der Waals surface area contributed by atoms with Gasteiger partial charge in [-0.1, -0.05) is 6.92 Å². The van der Waals surface area contributed by atoms with E-state index in [1.807, 2.05) is 6.20 Å². The fraction of sp³-hybridized carbons (Fsp3) is 0.750. The molecule has 2 N–H and O–H groups in total. The molecule has 2 heterocycles. The molecule has 0 amide bonds. The Bertz CT molecular complexity index is 334. The molecule has 90 valence electrons. The van der Waals surface area contributed by atoms with Crippen molar-refractivity contribution in [2.75, 3.05) is 13.1 Å². The number of hydrogen-bond donors (Lipinski definition) is 1. The standard InChI is InChI=1S/C12H22N4/c1-3-16-11(4-6-14-16)8-15-7-5-10(2)12(13)9-15/h4,6,10,12H,3,5,7-9,13H2,1-2H3. The van der Waals surface area contributed by atoms with Gasteiger partial charge in [0.25, 0.3) is 0 Å². The van der Waals surface area contributed by atoms with E-state index in [1.54, 1.807) is 0 Å². The highest BCUT2D eigenvalue weighted by atomic mass is 15.3. The second-order valence-electron chi connectivity index (χ2n) is 4.80. The van der Waals surface area contributed by atoms with Crippen molar-refractivity contribution in [3.8, 4) is 0 Å². The van der Waals surface area contributed by atoms with E-state index in [1.165, 1.54) is 12.1 Å². The summed E-state index contributed by atoms with van der Waals surface area (Å²) in [7, 11) is 0. The van der Waals surface area contributed by atoms with Crippen molar-refractivity contribution >= 4 is 0 Å². The van der Waals surface area contributed by atoms with E-state index >= 15 is 0 Å². The zero-order valence-corrected chi connectivity index (χ0v) is 10.3. The average Bonchev–Trinajstić information content (AvgIpc) is 2.71. The van der Waals surface area contributed by atoms with Crippen LogP contribution in [0.15, 0.2) is 12.3 Å². The van der Waals surface area contributed by atoms with Crippen LogP contribution in [0.1, 0.15) is 26.0 Å². The van der Waals surface area contributed by atoms with E-state index in [0.29, 0.717) is 12.0 Å². The predicted octanol–water partition coefficient (Wildman–Crippen LogP) is 1.07. The van der Waals surface area contributed by atoms with Gasteiger partial charge in [0.2, 0.25) is 0 Å². The lowest BCUT2D eigenvalue weighted by Crippen LogP contribution is -2.47. The maximum absolute atomic E-state index is 6.10. The van der Waals surface area contributed by atoms with Crippen molar-refractivity contribution in [2.45, 2.75) is 39.4 Å². The highest BCUT2D eigenvalue weighted by molar-refractivity contribution is 5.01. The number of nitrogens with two attached hydrogens (primary N) is 1. The number of rotatable bonds is 3. The molecule has 0 radical (unpaired) electrons. The number of aryl methyl sites for hydroxylation is 1. The molecule has 2 atom stereocenters. The van der Waals surface area contributed by atoms with Gasteiger partial charge in [0.05, 0.1) is 5.69 Å².